The largest absolute Gasteiger partial charge is 0.433 e. The van der Waals surface area contributed by atoms with Crippen molar-refractivity contribution in [2.75, 3.05) is 5.32 Å². The highest BCUT2D eigenvalue weighted by molar-refractivity contribution is 5.74. The van der Waals surface area contributed by atoms with Crippen molar-refractivity contribution in [3.8, 4) is 0 Å². The van der Waals surface area contributed by atoms with E-state index in [-0.39, 0.29) is 17.6 Å². The summed E-state index contributed by atoms with van der Waals surface area (Å²) in [7, 11) is 0. The number of alkyl halides is 3. The zero-order valence-corrected chi connectivity index (χ0v) is 10.5. The standard InChI is InChI=1S/C12H14F3N3O/c1-6-5-9(17-7(2)19)11-8(16-6)3-4-10(18-11)12(13,14)15/h3-4,6,9,16H,5H2,1-2H3,(H,17,19)/t6-,9+/m0/s1. The Kier molecular flexibility index (Phi) is 3.38. The van der Waals surface area contributed by atoms with Crippen molar-refractivity contribution in [3.05, 3.63) is 23.5 Å². The molecule has 2 rings (SSSR count). The van der Waals surface area contributed by atoms with Crippen LogP contribution < -0.4 is 10.6 Å². The summed E-state index contributed by atoms with van der Waals surface area (Å²) in [5, 5.41) is 5.70. The van der Waals surface area contributed by atoms with Crippen LogP contribution in [0.1, 0.15) is 37.7 Å². The van der Waals surface area contributed by atoms with Gasteiger partial charge in [-0.15, -0.1) is 0 Å². The van der Waals surface area contributed by atoms with Crippen LogP contribution in [0.4, 0.5) is 18.9 Å². The zero-order valence-electron chi connectivity index (χ0n) is 10.5. The smallest absolute Gasteiger partial charge is 0.381 e. The number of nitrogens with one attached hydrogen (secondary N) is 2. The van der Waals surface area contributed by atoms with E-state index in [2.05, 4.69) is 15.6 Å². The molecule has 1 aromatic heterocycles. The molecule has 0 radical (unpaired) electrons. The summed E-state index contributed by atoms with van der Waals surface area (Å²) in [5.41, 5.74) is -0.174. The van der Waals surface area contributed by atoms with Crippen molar-refractivity contribution in [2.24, 2.45) is 0 Å². The monoisotopic (exact) mass is 273 g/mol. The van der Waals surface area contributed by atoms with Gasteiger partial charge < -0.3 is 10.6 Å². The molecule has 1 amide bonds. The minimum atomic E-state index is -4.49. The predicted octanol–water partition coefficient (Wildman–Crippen LogP) is 2.48. The first-order valence-corrected chi connectivity index (χ1v) is 5.89. The van der Waals surface area contributed by atoms with E-state index in [0.717, 1.165) is 6.07 Å². The maximum Gasteiger partial charge on any atom is 0.433 e. The number of carbonyl (C=O) groups is 1. The number of anilines is 1. The van der Waals surface area contributed by atoms with Crippen LogP contribution in [-0.2, 0) is 11.0 Å². The average molecular weight is 273 g/mol. The Hall–Kier alpha value is -1.79. The Morgan fingerprint density at radius 2 is 2.16 bits per heavy atom. The molecule has 19 heavy (non-hydrogen) atoms. The van der Waals surface area contributed by atoms with E-state index in [1.54, 1.807) is 0 Å². The number of rotatable bonds is 1. The first-order chi connectivity index (χ1) is 8.77. The lowest BCUT2D eigenvalue weighted by atomic mass is 9.97. The lowest BCUT2D eigenvalue weighted by molar-refractivity contribution is -0.141. The molecule has 1 aliphatic rings. The first kappa shape index (κ1) is 13.6. The van der Waals surface area contributed by atoms with Crippen molar-refractivity contribution >= 4 is 11.6 Å². The fourth-order valence-electron chi connectivity index (χ4n) is 2.18. The molecule has 0 aliphatic carbocycles. The fraction of sp³-hybridized carbons (Fsp3) is 0.500. The average Bonchev–Trinajstić information content (AvgIpc) is 2.26. The third-order valence-electron chi connectivity index (χ3n) is 2.91. The van der Waals surface area contributed by atoms with E-state index in [9.17, 15) is 18.0 Å². The molecule has 0 bridgehead atoms. The van der Waals surface area contributed by atoms with Gasteiger partial charge in [0.1, 0.15) is 5.69 Å². The SMILES string of the molecule is CC(=O)N[C@@H]1C[C@H](C)Nc2ccc(C(F)(F)F)nc21. The van der Waals surface area contributed by atoms with Crippen molar-refractivity contribution in [2.45, 2.75) is 38.5 Å². The Balaban J connectivity index is 2.41. The normalized spacial score (nSPS) is 22.4. The molecule has 4 nitrogen and oxygen atoms in total. The Bertz CT molecular complexity index is 501. The van der Waals surface area contributed by atoms with Gasteiger partial charge >= 0.3 is 6.18 Å². The summed E-state index contributed by atoms with van der Waals surface area (Å²) >= 11 is 0. The molecule has 104 valence electrons. The van der Waals surface area contributed by atoms with Crippen LogP contribution in [0.2, 0.25) is 0 Å². The van der Waals surface area contributed by atoms with Gasteiger partial charge in [0.25, 0.3) is 0 Å². The van der Waals surface area contributed by atoms with Gasteiger partial charge in [-0.1, -0.05) is 0 Å². The first-order valence-electron chi connectivity index (χ1n) is 5.89. The van der Waals surface area contributed by atoms with E-state index in [1.165, 1.54) is 13.0 Å². The number of pyridine rings is 1. The molecule has 7 heteroatoms. The van der Waals surface area contributed by atoms with Gasteiger partial charge in [0.15, 0.2) is 0 Å². The van der Waals surface area contributed by atoms with Crippen LogP contribution in [0.5, 0.6) is 0 Å². The Morgan fingerprint density at radius 3 is 2.74 bits per heavy atom. The molecule has 2 N–H and O–H groups in total. The second kappa shape index (κ2) is 4.71. The molecule has 0 aromatic carbocycles. The fourth-order valence-corrected chi connectivity index (χ4v) is 2.18. The molecule has 2 heterocycles. The maximum absolute atomic E-state index is 12.7. The van der Waals surface area contributed by atoms with Gasteiger partial charge in [-0.2, -0.15) is 13.2 Å². The molecule has 0 saturated carbocycles. The molecule has 1 aromatic rings. The molecule has 0 saturated heterocycles. The number of hydrogen-bond acceptors (Lipinski definition) is 3. The third kappa shape index (κ3) is 2.97. The number of aromatic nitrogens is 1. The van der Waals surface area contributed by atoms with E-state index in [1.807, 2.05) is 6.92 Å². The van der Waals surface area contributed by atoms with Crippen LogP contribution in [0.25, 0.3) is 0 Å². The van der Waals surface area contributed by atoms with Gasteiger partial charge in [0, 0.05) is 13.0 Å². The van der Waals surface area contributed by atoms with Crippen LogP contribution in [0.15, 0.2) is 12.1 Å². The van der Waals surface area contributed by atoms with Gasteiger partial charge in [-0.3, -0.25) is 4.79 Å². The van der Waals surface area contributed by atoms with Crippen LogP contribution >= 0.6 is 0 Å². The van der Waals surface area contributed by atoms with Crippen LogP contribution in [0, 0.1) is 0 Å². The lowest BCUT2D eigenvalue weighted by Crippen LogP contribution is -2.36. The minimum absolute atomic E-state index is 0.0582. The Morgan fingerprint density at radius 1 is 1.47 bits per heavy atom. The van der Waals surface area contributed by atoms with Crippen molar-refractivity contribution in [1.82, 2.24) is 10.3 Å². The highest BCUT2D eigenvalue weighted by atomic mass is 19.4. The second-order valence-electron chi connectivity index (χ2n) is 4.66. The summed E-state index contributed by atoms with van der Waals surface area (Å²) in [6.07, 6.45) is -3.99. The second-order valence-corrected chi connectivity index (χ2v) is 4.66. The number of fused-ring (bicyclic) bond motifs is 1. The number of carbonyl (C=O) groups excluding carboxylic acids is 1. The predicted molar refractivity (Wildman–Crippen MR) is 63.5 cm³/mol. The summed E-state index contributed by atoms with van der Waals surface area (Å²) in [6.45, 7) is 3.23. The summed E-state index contributed by atoms with van der Waals surface area (Å²) in [6, 6.07) is 1.86. The van der Waals surface area contributed by atoms with Crippen molar-refractivity contribution in [3.63, 3.8) is 0 Å². The third-order valence-corrected chi connectivity index (χ3v) is 2.91. The highest BCUT2D eigenvalue weighted by Crippen LogP contribution is 2.35. The molecular formula is C12H14F3N3O. The van der Waals surface area contributed by atoms with E-state index in [0.29, 0.717) is 12.1 Å². The molecule has 0 unspecified atom stereocenters. The lowest BCUT2D eigenvalue weighted by Gasteiger charge is -2.31. The maximum atomic E-state index is 12.7. The zero-order chi connectivity index (χ0) is 14.2. The molecule has 0 spiro atoms. The summed E-state index contributed by atoms with van der Waals surface area (Å²) < 4.78 is 38.0. The molecule has 0 fully saturated rings. The number of amides is 1. The van der Waals surface area contributed by atoms with Gasteiger partial charge in [0.05, 0.1) is 17.4 Å². The minimum Gasteiger partial charge on any atom is -0.381 e. The molecular weight excluding hydrogens is 259 g/mol. The summed E-state index contributed by atoms with van der Waals surface area (Å²) in [5.74, 6) is -0.288. The van der Waals surface area contributed by atoms with E-state index in [4.69, 9.17) is 0 Å². The molecule has 1 aliphatic heterocycles. The van der Waals surface area contributed by atoms with Crippen molar-refractivity contribution < 1.29 is 18.0 Å². The quantitative estimate of drug-likeness (QED) is 0.826. The topological polar surface area (TPSA) is 54.0 Å². The van der Waals surface area contributed by atoms with Gasteiger partial charge in [0.2, 0.25) is 5.91 Å². The van der Waals surface area contributed by atoms with Gasteiger partial charge in [-0.25, -0.2) is 4.98 Å². The number of halogens is 3. The van der Waals surface area contributed by atoms with Crippen LogP contribution in [-0.4, -0.2) is 16.9 Å². The number of hydrogen-bond donors (Lipinski definition) is 2. The summed E-state index contributed by atoms with van der Waals surface area (Å²) in [4.78, 5) is 14.8. The van der Waals surface area contributed by atoms with E-state index < -0.39 is 17.9 Å². The molecule has 2 atom stereocenters. The van der Waals surface area contributed by atoms with Gasteiger partial charge in [-0.05, 0) is 25.5 Å². The highest BCUT2D eigenvalue weighted by Gasteiger charge is 2.35. The number of nitrogens with zero attached hydrogens (tertiary/aromatic N) is 1. The Labute approximate surface area is 108 Å². The van der Waals surface area contributed by atoms with Crippen molar-refractivity contribution in [1.29, 1.82) is 0 Å². The van der Waals surface area contributed by atoms with Crippen LogP contribution in [0.3, 0.4) is 0 Å². The van der Waals surface area contributed by atoms with E-state index >= 15 is 0 Å².